The fourth-order valence-electron chi connectivity index (χ4n) is 1.81. The molecule has 0 aromatic heterocycles. The minimum Gasteiger partial charge on any atom is -0.691 e. The summed E-state index contributed by atoms with van der Waals surface area (Å²) < 4.78 is 85.0. The van der Waals surface area contributed by atoms with Crippen LogP contribution in [0.15, 0.2) is 4.90 Å². The van der Waals surface area contributed by atoms with Crippen molar-refractivity contribution in [3.05, 3.63) is 40.5 Å². The number of rotatable bonds is 3. The SMILES string of the molecule is Cc1c(F)c(F)c(SOO[O-])c2c(F)c(F)c(F)c(F)c12. The fourth-order valence-corrected chi connectivity index (χ4v) is 2.34. The van der Waals surface area contributed by atoms with Crippen LogP contribution in [-0.4, -0.2) is 0 Å². The summed E-state index contributed by atoms with van der Waals surface area (Å²) in [6.45, 7) is 0.847. The predicted molar refractivity (Wildman–Crippen MR) is 56.5 cm³/mol. The minimum absolute atomic E-state index is 0.309. The van der Waals surface area contributed by atoms with Crippen molar-refractivity contribution in [2.75, 3.05) is 0 Å². The largest absolute Gasteiger partial charge is 0.691 e. The van der Waals surface area contributed by atoms with Crippen molar-refractivity contribution in [1.82, 2.24) is 0 Å². The summed E-state index contributed by atoms with van der Waals surface area (Å²) in [5.74, 6) is -11.6. The van der Waals surface area contributed by atoms with Crippen molar-refractivity contribution in [3.63, 3.8) is 0 Å². The molecule has 0 N–H and O–H groups in total. The molecule has 21 heavy (non-hydrogen) atoms. The van der Waals surface area contributed by atoms with E-state index < -0.39 is 56.1 Å². The zero-order valence-electron chi connectivity index (χ0n) is 9.90. The van der Waals surface area contributed by atoms with E-state index in [2.05, 4.69) is 9.37 Å². The summed E-state index contributed by atoms with van der Waals surface area (Å²) in [5.41, 5.74) is -0.773. The molecule has 0 radical (unpaired) electrons. The Kier molecular flexibility index (Phi) is 4.33. The molecule has 0 aliphatic heterocycles. The molecule has 2 aromatic carbocycles. The lowest BCUT2D eigenvalue weighted by Crippen LogP contribution is -2.06. The quantitative estimate of drug-likeness (QED) is 0.217. The standard InChI is InChI=1S/C11H4F6O3S/c1-2-3-4(7(14)9(16)8(15)6(3)13)11(21-20-19-18)10(17)5(2)12/h18H,1H3/p-1. The normalized spacial score (nSPS) is 11.4. The van der Waals surface area contributed by atoms with Crippen LogP contribution in [0.5, 0.6) is 0 Å². The van der Waals surface area contributed by atoms with Gasteiger partial charge in [-0.25, -0.2) is 26.3 Å². The summed E-state index contributed by atoms with van der Waals surface area (Å²) in [7, 11) is 0. The minimum atomic E-state index is -2.21. The van der Waals surface area contributed by atoms with Crippen LogP contribution in [0.2, 0.25) is 0 Å². The van der Waals surface area contributed by atoms with Crippen molar-refractivity contribution >= 4 is 22.8 Å². The van der Waals surface area contributed by atoms with Gasteiger partial charge >= 0.3 is 0 Å². The smallest absolute Gasteiger partial charge is 0.198 e. The van der Waals surface area contributed by atoms with Gasteiger partial charge in [0.1, 0.15) is 0 Å². The Morgan fingerprint density at radius 1 is 0.762 bits per heavy atom. The third kappa shape index (κ3) is 2.33. The highest BCUT2D eigenvalue weighted by atomic mass is 32.2. The van der Waals surface area contributed by atoms with Crippen LogP contribution in [0.4, 0.5) is 26.3 Å². The van der Waals surface area contributed by atoms with Crippen LogP contribution in [0.1, 0.15) is 5.56 Å². The van der Waals surface area contributed by atoms with E-state index in [0.717, 1.165) is 6.92 Å². The molecule has 0 atom stereocenters. The van der Waals surface area contributed by atoms with Gasteiger partial charge in [-0.2, -0.15) is 4.33 Å². The highest BCUT2D eigenvalue weighted by Crippen LogP contribution is 2.39. The first-order valence-corrected chi connectivity index (χ1v) is 5.83. The first-order valence-electron chi connectivity index (χ1n) is 5.09. The summed E-state index contributed by atoms with van der Waals surface area (Å²) in [6.07, 6.45) is 0. The third-order valence-electron chi connectivity index (χ3n) is 2.74. The number of halogens is 6. The molecule has 114 valence electrons. The van der Waals surface area contributed by atoms with Gasteiger partial charge in [-0.1, -0.05) is 0 Å². The van der Waals surface area contributed by atoms with Gasteiger partial charge in [-0.05, 0) is 12.5 Å². The van der Waals surface area contributed by atoms with Gasteiger partial charge in [0.2, 0.25) is 0 Å². The average molecular weight is 329 g/mol. The van der Waals surface area contributed by atoms with Gasteiger partial charge in [0.15, 0.2) is 34.9 Å². The van der Waals surface area contributed by atoms with E-state index in [1.165, 1.54) is 0 Å². The Balaban J connectivity index is 3.02. The van der Waals surface area contributed by atoms with Crippen molar-refractivity contribution in [2.24, 2.45) is 0 Å². The number of hydrogen-bond donors (Lipinski definition) is 0. The lowest BCUT2D eigenvalue weighted by molar-refractivity contribution is -0.777. The molecule has 0 bridgehead atoms. The number of benzene rings is 2. The van der Waals surface area contributed by atoms with Crippen LogP contribution < -0.4 is 5.26 Å². The van der Waals surface area contributed by atoms with Gasteiger partial charge in [0, 0.05) is 10.8 Å². The number of fused-ring (bicyclic) bond motifs is 1. The predicted octanol–water partition coefficient (Wildman–Crippen LogP) is 3.21. The molecule has 0 aliphatic carbocycles. The van der Waals surface area contributed by atoms with Crippen molar-refractivity contribution < 1.29 is 41.0 Å². The fraction of sp³-hybridized carbons (Fsp3) is 0.0909. The maximum Gasteiger partial charge on any atom is 0.198 e. The van der Waals surface area contributed by atoms with Crippen LogP contribution in [0.25, 0.3) is 10.8 Å². The zero-order valence-corrected chi connectivity index (χ0v) is 10.7. The monoisotopic (exact) mass is 329 g/mol. The Morgan fingerprint density at radius 2 is 1.29 bits per heavy atom. The second-order valence-electron chi connectivity index (χ2n) is 3.81. The van der Waals surface area contributed by atoms with Crippen molar-refractivity contribution in [2.45, 2.75) is 11.8 Å². The molecule has 0 spiro atoms. The Labute approximate surface area is 117 Å². The van der Waals surface area contributed by atoms with Gasteiger partial charge < -0.3 is 5.26 Å². The second-order valence-corrected chi connectivity index (χ2v) is 4.52. The van der Waals surface area contributed by atoms with Crippen LogP contribution in [0.3, 0.4) is 0 Å². The Morgan fingerprint density at radius 3 is 1.81 bits per heavy atom. The van der Waals surface area contributed by atoms with Gasteiger partial charge in [0.05, 0.1) is 16.9 Å². The molecule has 10 heteroatoms. The Bertz CT molecular complexity index is 728. The molecule has 0 amide bonds. The van der Waals surface area contributed by atoms with Crippen LogP contribution in [0, 0.1) is 41.8 Å². The van der Waals surface area contributed by atoms with Crippen LogP contribution >= 0.6 is 12.0 Å². The van der Waals surface area contributed by atoms with E-state index in [1.54, 1.807) is 0 Å². The molecule has 2 aromatic rings. The molecule has 0 unspecified atom stereocenters. The molecule has 0 saturated carbocycles. The first kappa shape index (κ1) is 15.9. The maximum atomic E-state index is 13.8. The van der Waals surface area contributed by atoms with Gasteiger partial charge in [0.25, 0.3) is 0 Å². The van der Waals surface area contributed by atoms with Gasteiger partial charge in [-0.3, -0.25) is 5.04 Å². The molecule has 0 heterocycles. The maximum absolute atomic E-state index is 13.8. The van der Waals surface area contributed by atoms with Crippen LogP contribution in [-0.2, 0) is 9.37 Å². The highest BCUT2D eigenvalue weighted by Gasteiger charge is 2.29. The molecular formula is C11H3F6O3S-. The van der Waals surface area contributed by atoms with Gasteiger partial charge in [-0.15, -0.1) is 0 Å². The van der Waals surface area contributed by atoms with E-state index >= 15 is 0 Å². The van der Waals surface area contributed by atoms with E-state index in [1.807, 2.05) is 0 Å². The van der Waals surface area contributed by atoms with E-state index in [0.29, 0.717) is 0 Å². The third-order valence-corrected chi connectivity index (χ3v) is 3.41. The second kappa shape index (κ2) is 5.72. The number of hydrogen-bond acceptors (Lipinski definition) is 4. The summed E-state index contributed by atoms with van der Waals surface area (Å²) in [6, 6.07) is 0. The van der Waals surface area contributed by atoms with Crippen molar-refractivity contribution in [3.8, 4) is 0 Å². The van der Waals surface area contributed by atoms with Crippen molar-refractivity contribution in [1.29, 1.82) is 0 Å². The van der Waals surface area contributed by atoms with E-state index in [9.17, 15) is 31.6 Å². The average Bonchev–Trinajstić information content (AvgIpc) is 2.47. The Hall–Kier alpha value is -1.49. The number of aryl methyl sites for hydroxylation is 1. The molecule has 3 nitrogen and oxygen atoms in total. The molecule has 0 fully saturated rings. The summed E-state index contributed by atoms with van der Waals surface area (Å²) in [5, 5.41) is 10.5. The lowest BCUT2D eigenvalue weighted by Gasteiger charge is -2.14. The molecule has 2 rings (SSSR count). The summed E-state index contributed by atoms with van der Waals surface area (Å²) in [4.78, 5) is -1.10. The topological polar surface area (TPSA) is 41.5 Å². The molecular weight excluding hydrogens is 326 g/mol. The first-order chi connectivity index (χ1) is 9.82. The van der Waals surface area contributed by atoms with E-state index in [4.69, 9.17) is 0 Å². The molecule has 0 aliphatic rings. The molecule has 0 saturated heterocycles. The highest BCUT2D eigenvalue weighted by molar-refractivity contribution is 7.94. The summed E-state index contributed by atoms with van der Waals surface area (Å²) >= 11 is -0.309. The zero-order chi connectivity index (χ0) is 15.9. The van der Waals surface area contributed by atoms with E-state index in [-0.39, 0.29) is 12.0 Å². The lowest BCUT2D eigenvalue weighted by atomic mass is 10.0.